The average Bonchev–Trinajstić information content (AvgIpc) is 2.84. The Morgan fingerprint density at radius 3 is 2.61 bits per heavy atom. The fourth-order valence-electron chi connectivity index (χ4n) is 2.77. The van der Waals surface area contributed by atoms with Crippen LogP contribution in [0.3, 0.4) is 0 Å². The molecule has 1 amide bonds. The molecule has 122 valence electrons. The predicted molar refractivity (Wildman–Crippen MR) is 99.3 cm³/mol. The summed E-state index contributed by atoms with van der Waals surface area (Å²) in [5, 5.41) is 2.71. The molecule has 2 heterocycles. The summed E-state index contributed by atoms with van der Waals surface area (Å²) in [6, 6.07) is 9.93. The SMILES string of the molecule is O=C(c1sccc1Br)N1CCCN(Cc2ccc(Cl)cc2)CC1. The van der Waals surface area contributed by atoms with Crippen LogP contribution < -0.4 is 0 Å². The van der Waals surface area contributed by atoms with E-state index in [0.717, 1.165) is 53.5 Å². The second-order valence-corrected chi connectivity index (χ2v) is 7.85. The maximum absolute atomic E-state index is 12.6. The number of carbonyl (C=O) groups is 1. The van der Waals surface area contributed by atoms with E-state index in [1.807, 2.05) is 28.5 Å². The number of hydrogen-bond donors (Lipinski definition) is 0. The second kappa shape index (κ2) is 7.79. The number of benzene rings is 1. The molecule has 0 radical (unpaired) electrons. The molecule has 1 saturated heterocycles. The maximum atomic E-state index is 12.6. The number of halogens is 2. The lowest BCUT2D eigenvalue weighted by molar-refractivity contribution is 0.0765. The van der Waals surface area contributed by atoms with Gasteiger partial charge in [0.1, 0.15) is 4.88 Å². The third-order valence-electron chi connectivity index (χ3n) is 4.01. The van der Waals surface area contributed by atoms with Crippen LogP contribution in [0.2, 0.25) is 5.02 Å². The minimum absolute atomic E-state index is 0.139. The molecular formula is C17H18BrClN2OS. The van der Waals surface area contributed by atoms with Crippen LogP contribution in [0.25, 0.3) is 0 Å². The summed E-state index contributed by atoms with van der Waals surface area (Å²) >= 11 is 10.9. The van der Waals surface area contributed by atoms with Crippen molar-refractivity contribution in [2.24, 2.45) is 0 Å². The Kier molecular flexibility index (Phi) is 5.75. The van der Waals surface area contributed by atoms with Gasteiger partial charge in [0.15, 0.2) is 0 Å². The lowest BCUT2D eigenvalue weighted by Crippen LogP contribution is -2.34. The summed E-state index contributed by atoms with van der Waals surface area (Å²) in [6.07, 6.45) is 1.00. The van der Waals surface area contributed by atoms with E-state index in [-0.39, 0.29) is 5.91 Å². The van der Waals surface area contributed by atoms with Gasteiger partial charge in [-0.15, -0.1) is 11.3 Å². The molecule has 1 fully saturated rings. The Labute approximate surface area is 154 Å². The number of amides is 1. The van der Waals surface area contributed by atoms with Crippen molar-refractivity contribution in [3.8, 4) is 0 Å². The van der Waals surface area contributed by atoms with Gasteiger partial charge in [-0.1, -0.05) is 23.7 Å². The highest BCUT2D eigenvalue weighted by Crippen LogP contribution is 2.24. The molecule has 1 aliphatic rings. The van der Waals surface area contributed by atoms with E-state index in [9.17, 15) is 4.79 Å². The minimum atomic E-state index is 0.139. The zero-order chi connectivity index (χ0) is 16.2. The highest BCUT2D eigenvalue weighted by atomic mass is 79.9. The first-order chi connectivity index (χ1) is 11.1. The summed E-state index contributed by atoms with van der Waals surface area (Å²) < 4.78 is 0.898. The van der Waals surface area contributed by atoms with Gasteiger partial charge in [-0.25, -0.2) is 0 Å². The number of nitrogens with zero attached hydrogens (tertiary/aromatic N) is 2. The van der Waals surface area contributed by atoms with E-state index in [1.54, 1.807) is 0 Å². The number of thiophene rings is 1. The highest BCUT2D eigenvalue weighted by Gasteiger charge is 2.22. The average molecular weight is 414 g/mol. The smallest absolute Gasteiger partial charge is 0.265 e. The third-order valence-corrected chi connectivity index (χ3v) is 6.08. The molecule has 1 aromatic carbocycles. The molecule has 3 nitrogen and oxygen atoms in total. The van der Waals surface area contributed by atoms with Crippen molar-refractivity contribution in [1.29, 1.82) is 0 Å². The van der Waals surface area contributed by atoms with E-state index in [4.69, 9.17) is 11.6 Å². The first kappa shape index (κ1) is 17.0. The molecule has 0 atom stereocenters. The van der Waals surface area contributed by atoms with Crippen LogP contribution in [0.4, 0.5) is 0 Å². The van der Waals surface area contributed by atoms with Crippen molar-refractivity contribution in [2.75, 3.05) is 26.2 Å². The van der Waals surface area contributed by atoms with Crippen molar-refractivity contribution in [2.45, 2.75) is 13.0 Å². The van der Waals surface area contributed by atoms with Gasteiger partial charge in [0.2, 0.25) is 0 Å². The standard InChI is InChI=1S/C17H18BrClN2OS/c18-15-6-11-23-16(15)17(22)21-8-1-7-20(9-10-21)12-13-2-4-14(19)5-3-13/h2-6,11H,1,7-10,12H2. The lowest BCUT2D eigenvalue weighted by Gasteiger charge is -2.22. The van der Waals surface area contributed by atoms with Crippen LogP contribution in [0, 0.1) is 0 Å². The summed E-state index contributed by atoms with van der Waals surface area (Å²) in [5.41, 5.74) is 1.26. The molecule has 0 unspecified atom stereocenters. The number of hydrogen-bond acceptors (Lipinski definition) is 3. The van der Waals surface area contributed by atoms with Gasteiger partial charge in [-0.2, -0.15) is 0 Å². The number of carbonyl (C=O) groups excluding carboxylic acids is 1. The predicted octanol–water partition coefficient (Wildman–Crippen LogP) is 4.51. The van der Waals surface area contributed by atoms with Crippen molar-refractivity contribution in [1.82, 2.24) is 9.80 Å². The summed E-state index contributed by atoms with van der Waals surface area (Å²) in [7, 11) is 0. The molecule has 0 bridgehead atoms. The van der Waals surface area contributed by atoms with Crippen LogP contribution >= 0.6 is 38.9 Å². The van der Waals surface area contributed by atoms with Crippen LogP contribution in [0.1, 0.15) is 21.7 Å². The molecule has 0 saturated carbocycles. The van der Waals surface area contributed by atoms with Crippen molar-refractivity contribution >= 4 is 44.8 Å². The van der Waals surface area contributed by atoms with Gasteiger partial charge >= 0.3 is 0 Å². The van der Waals surface area contributed by atoms with Gasteiger partial charge < -0.3 is 4.90 Å². The summed E-state index contributed by atoms with van der Waals surface area (Å²) in [6.45, 7) is 4.41. The Morgan fingerprint density at radius 2 is 1.91 bits per heavy atom. The fourth-order valence-corrected chi connectivity index (χ4v) is 4.40. The fraction of sp³-hybridized carbons (Fsp3) is 0.353. The second-order valence-electron chi connectivity index (χ2n) is 5.65. The van der Waals surface area contributed by atoms with Crippen molar-refractivity contribution in [3.05, 3.63) is 55.6 Å². The molecule has 0 spiro atoms. The first-order valence-electron chi connectivity index (χ1n) is 7.62. The Morgan fingerprint density at radius 1 is 1.13 bits per heavy atom. The van der Waals surface area contributed by atoms with Crippen LogP contribution in [-0.2, 0) is 6.54 Å². The molecular weight excluding hydrogens is 396 g/mol. The van der Waals surface area contributed by atoms with Gasteiger partial charge in [-0.3, -0.25) is 9.69 Å². The van der Waals surface area contributed by atoms with Crippen LogP contribution in [0.5, 0.6) is 0 Å². The normalized spacial score (nSPS) is 16.3. The molecule has 23 heavy (non-hydrogen) atoms. The van der Waals surface area contributed by atoms with E-state index in [1.165, 1.54) is 16.9 Å². The van der Waals surface area contributed by atoms with Crippen molar-refractivity contribution in [3.63, 3.8) is 0 Å². The van der Waals surface area contributed by atoms with Gasteiger partial charge in [0, 0.05) is 42.2 Å². The molecule has 2 aromatic rings. The zero-order valence-electron chi connectivity index (χ0n) is 12.7. The third kappa shape index (κ3) is 4.35. The quantitative estimate of drug-likeness (QED) is 0.739. The van der Waals surface area contributed by atoms with Crippen LogP contribution in [0.15, 0.2) is 40.2 Å². The topological polar surface area (TPSA) is 23.6 Å². The summed E-state index contributed by atoms with van der Waals surface area (Å²) in [4.78, 5) is 17.8. The monoisotopic (exact) mass is 412 g/mol. The largest absolute Gasteiger partial charge is 0.337 e. The molecule has 3 rings (SSSR count). The molecule has 1 aliphatic heterocycles. The highest BCUT2D eigenvalue weighted by molar-refractivity contribution is 9.10. The zero-order valence-corrected chi connectivity index (χ0v) is 15.8. The van der Waals surface area contributed by atoms with E-state index >= 15 is 0 Å². The molecule has 0 N–H and O–H groups in total. The van der Waals surface area contributed by atoms with Crippen molar-refractivity contribution < 1.29 is 4.79 Å². The Bertz CT molecular complexity index is 673. The van der Waals surface area contributed by atoms with E-state index < -0.39 is 0 Å². The summed E-state index contributed by atoms with van der Waals surface area (Å²) in [5.74, 6) is 0.139. The van der Waals surface area contributed by atoms with Gasteiger partial charge in [0.25, 0.3) is 5.91 Å². The Balaban J connectivity index is 1.60. The molecule has 6 heteroatoms. The molecule has 1 aromatic heterocycles. The number of rotatable bonds is 3. The van der Waals surface area contributed by atoms with Gasteiger partial charge in [-0.05, 0) is 51.5 Å². The van der Waals surface area contributed by atoms with Crippen LogP contribution in [-0.4, -0.2) is 41.9 Å². The maximum Gasteiger partial charge on any atom is 0.265 e. The van der Waals surface area contributed by atoms with Gasteiger partial charge in [0.05, 0.1) is 0 Å². The Hall–Kier alpha value is -0.880. The van der Waals surface area contributed by atoms with E-state index in [0.29, 0.717) is 0 Å². The first-order valence-corrected chi connectivity index (χ1v) is 9.67. The lowest BCUT2D eigenvalue weighted by atomic mass is 10.2. The minimum Gasteiger partial charge on any atom is -0.337 e. The van der Waals surface area contributed by atoms with E-state index in [2.05, 4.69) is 33.0 Å². The molecule has 0 aliphatic carbocycles.